The molecule has 0 amide bonds. The summed E-state index contributed by atoms with van der Waals surface area (Å²) >= 11 is 1.22. The Labute approximate surface area is 293 Å². The Hall–Kier alpha value is -5.71. The third-order valence-corrected chi connectivity index (χ3v) is 8.89. The fourth-order valence-corrected chi connectivity index (χ4v) is 6.38. The molecule has 0 radical (unpaired) electrons. The van der Waals surface area contributed by atoms with Gasteiger partial charge in [0.25, 0.3) is 0 Å². The largest absolute Gasteiger partial charge is 0.459 e. The number of thioether (sulfide) groups is 1. The summed E-state index contributed by atoms with van der Waals surface area (Å²) in [5.74, 6) is -2.84. The van der Waals surface area contributed by atoms with E-state index in [1.807, 2.05) is 30.3 Å². The SMILES string of the molecule is O=C(OCC1OC(Sc2ccccc2)C(OC(=O)c2ccccc2)C(OC(=O)c2ccccc2)C1OC(=O)c1ccccc1)c1ccccc1. The van der Waals surface area contributed by atoms with Crippen molar-refractivity contribution in [2.45, 2.75) is 34.7 Å². The highest BCUT2D eigenvalue weighted by Gasteiger charge is 2.53. The molecule has 5 aromatic carbocycles. The highest BCUT2D eigenvalue weighted by Crippen LogP contribution is 2.38. The van der Waals surface area contributed by atoms with Crippen LogP contribution in [0.25, 0.3) is 0 Å². The van der Waals surface area contributed by atoms with Gasteiger partial charge in [0.2, 0.25) is 0 Å². The zero-order chi connectivity index (χ0) is 34.7. The molecule has 0 N–H and O–H groups in total. The van der Waals surface area contributed by atoms with Gasteiger partial charge in [-0.1, -0.05) is 103 Å². The maximum absolute atomic E-state index is 13.7. The predicted octanol–water partition coefficient (Wildman–Crippen LogP) is 7.04. The summed E-state index contributed by atoms with van der Waals surface area (Å²) < 4.78 is 30.5. The summed E-state index contributed by atoms with van der Waals surface area (Å²) in [6.07, 6.45) is -5.24. The predicted molar refractivity (Wildman–Crippen MR) is 185 cm³/mol. The molecule has 1 saturated heterocycles. The summed E-state index contributed by atoms with van der Waals surface area (Å²) in [5.41, 5.74) is -0.0106. The number of esters is 4. The number of hydrogen-bond donors (Lipinski definition) is 0. The molecule has 9 nitrogen and oxygen atoms in total. The number of rotatable bonds is 11. The third kappa shape index (κ3) is 8.65. The van der Waals surface area contributed by atoms with Crippen molar-refractivity contribution in [2.24, 2.45) is 0 Å². The zero-order valence-electron chi connectivity index (χ0n) is 26.6. The molecule has 0 saturated carbocycles. The Morgan fingerprint density at radius 3 is 1.26 bits per heavy atom. The lowest BCUT2D eigenvalue weighted by Crippen LogP contribution is -2.61. The molecule has 252 valence electrons. The Bertz CT molecular complexity index is 1870. The van der Waals surface area contributed by atoms with Gasteiger partial charge in [0.1, 0.15) is 18.1 Å². The third-order valence-electron chi connectivity index (χ3n) is 7.73. The molecular formula is C40H32O9S. The Balaban J connectivity index is 1.41. The maximum Gasteiger partial charge on any atom is 0.338 e. The molecule has 0 aromatic heterocycles. The molecule has 50 heavy (non-hydrogen) atoms. The Morgan fingerprint density at radius 2 is 0.820 bits per heavy atom. The second-order valence-electron chi connectivity index (χ2n) is 11.1. The smallest absolute Gasteiger partial charge is 0.338 e. The molecule has 1 heterocycles. The summed E-state index contributed by atoms with van der Waals surface area (Å²) in [5, 5.41) is 0. The van der Waals surface area contributed by atoms with E-state index in [1.54, 1.807) is 121 Å². The van der Waals surface area contributed by atoms with E-state index in [-0.39, 0.29) is 23.3 Å². The van der Waals surface area contributed by atoms with Crippen LogP contribution in [0, 0.1) is 0 Å². The van der Waals surface area contributed by atoms with Crippen molar-refractivity contribution in [1.82, 2.24) is 0 Å². The second-order valence-corrected chi connectivity index (χ2v) is 12.3. The van der Waals surface area contributed by atoms with Gasteiger partial charge < -0.3 is 23.7 Å². The molecule has 0 aliphatic carbocycles. The van der Waals surface area contributed by atoms with E-state index in [4.69, 9.17) is 23.7 Å². The first-order chi connectivity index (χ1) is 24.5. The molecule has 1 aliphatic rings. The van der Waals surface area contributed by atoms with Gasteiger partial charge in [-0.05, 0) is 60.7 Å². The molecule has 10 heteroatoms. The Kier molecular flexibility index (Phi) is 11.3. The van der Waals surface area contributed by atoms with Crippen molar-refractivity contribution in [1.29, 1.82) is 0 Å². The lowest BCUT2D eigenvalue weighted by atomic mass is 9.98. The molecule has 6 rings (SSSR count). The van der Waals surface area contributed by atoms with Crippen LogP contribution in [0.4, 0.5) is 0 Å². The van der Waals surface area contributed by atoms with E-state index >= 15 is 0 Å². The molecule has 0 bridgehead atoms. The van der Waals surface area contributed by atoms with Gasteiger partial charge in [0.15, 0.2) is 18.3 Å². The van der Waals surface area contributed by atoms with Crippen molar-refractivity contribution in [2.75, 3.05) is 6.61 Å². The first-order valence-corrected chi connectivity index (χ1v) is 16.7. The van der Waals surface area contributed by atoms with Gasteiger partial charge in [0.05, 0.1) is 22.3 Å². The van der Waals surface area contributed by atoms with Crippen molar-refractivity contribution in [3.05, 3.63) is 174 Å². The quantitative estimate of drug-likeness (QED) is 0.106. The second kappa shape index (κ2) is 16.6. The summed E-state index contributed by atoms with van der Waals surface area (Å²) in [6.45, 7) is -0.384. The minimum atomic E-state index is -1.40. The van der Waals surface area contributed by atoms with Gasteiger partial charge >= 0.3 is 23.9 Å². The molecule has 1 aliphatic heterocycles. The van der Waals surface area contributed by atoms with Crippen LogP contribution in [0.3, 0.4) is 0 Å². The van der Waals surface area contributed by atoms with E-state index in [2.05, 4.69) is 0 Å². The molecular weight excluding hydrogens is 656 g/mol. The molecule has 1 fully saturated rings. The van der Waals surface area contributed by atoms with Crippen LogP contribution < -0.4 is 0 Å². The highest BCUT2D eigenvalue weighted by molar-refractivity contribution is 7.99. The fraction of sp³-hybridized carbons (Fsp3) is 0.150. The van der Waals surface area contributed by atoms with Crippen LogP contribution in [0.15, 0.2) is 157 Å². The van der Waals surface area contributed by atoms with E-state index in [0.29, 0.717) is 5.56 Å². The van der Waals surface area contributed by atoms with Gasteiger partial charge in [0, 0.05) is 4.90 Å². The van der Waals surface area contributed by atoms with Crippen molar-refractivity contribution in [3.63, 3.8) is 0 Å². The van der Waals surface area contributed by atoms with Crippen LogP contribution in [-0.2, 0) is 23.7 Å². The topological polar surface area (TPSA) is 114 Å². The van der Waals surface area contributed by atoms with Crippen LogP contribution in [0.5, 0.6) is 0 Å². The van der Waals surface area contributed by atoms with Crippen LogP contribution >= 0.6 is 11.8 Å². The van der Waals surface area contributed by atoms with Gasteiger partial charge in [-0.2, -0.15) is 0 Å². The molecule has 5 aromatic rings. The number of ether oxygens (including phenoxy) is 5. The number of carbonyl (C=O) groups is 4. The van der Waals surface area contributed by atoms with Crippen molar-refractivity contribution < 1.29 is 42.9 Å². The van der Waals surface area contributed by atoms with E-state index in [9.17, 15) is 19.2 Å². The minimum absolute atomic E-state index is 0.222. The fourth-order valence-electron chi connectivity index (χ4n) is 5.26. The molecule has 0 spiro atoms. The number of benzene rings is 5. The Morgan fingerprint density at radius 1 is 0.460 bits per heavy atom. The number of carbonyl (C=O) groups excluding carboxylic acids is 4. The summed E-state index contributed by atoms with van der Waals surface area (Å²) in [7, 11) is 0. The maximum atomic E-state index is 13.7. The first-order valence-electron chi connectivity index (χ1n) is 15.8. The van der Waals surface area contributed by atoms with Gasteiger partial charge in [-0.25, -0.2) is 19.2 Å². The summed E-state index contributed by atoms with van der Waals surface area (Å²) in [6, 6.07) is 42.5. The van der Waals surface area contributed by atoms with Gasteiger partial charge in [-0.15, -0.1) is 0 Å². The standard InChI is InChI=1S/C40H32O9S/c41-36(27-16-6-1-7-17-27)45-26-32-33(47-37(42)28-18-8-2-9-19-28)34(48-38(43)29-20-10-3-11-21-29)35(49-39(44)30-22-12-4-13-23-30)40(46-32)50-31-24-14-5-15-25-31/h1-25,32-35,40H,26H2. The molecule has 5 unspecified atom stereocenters. The number of hydrogen-bond acceptors (Lipinski definition) is 10. The lowest BCUT2D eigenvalue weighted by molar-refractivity contribution is -0.207. The lowest BCUT2D eigenvalue weighted by Gasteiger charge is -2.44. The van der Waals surface area contributed by atoms with Crippen LogP contribution in [-0.4, -0.2) is 60.3 Å². The van der Waals surface area contributed by atoms with E-state index in [1.165, 1.54) is 11.8 Å². The zero-order valence-corrected chi connectivity index (χ0v) is 27.4. The normalized spacial score (nSPS) is 19.8. The van der Waals surface area contributed by atoms with Crippen molar-refractivity contribution in [3.8, 4) is 0 Å². The highest BCUT2D eigenvalue weighted by atomic mass is 32.2. The molecule has 5 atom stereocenters. The van der Waals surface area contributed by atoms with E-state index < -0.39 is 53.7 Å². The van der Waals surface area contributed by atoms with E-state index in [0.717, 1.165) is 4.90 Å². The first kappa shape index (κ1) is 34.2. The average molecular weight is 689 g/mol. The van der Waals surface area contributed by atoms with Crippen LogP contribution in [0.1, 0.15) is 41.4 Å². The summed E-state index contributed by atoms with van der Waals surface area (Å²) in [4.78, 5) is 54.7. The van der Waals surface area contributed by atoms with Crippen LogP contribution in [0.2, 0.25) is 0 Å². The monoisotopic (exact) mass is 688 g/mol. The minimum Gasteiger partial charge on any atom is -0.459 e. The average Bonchev–Trinajstić information content (AvgIpc) is 3.17. The van der Waals surface area contributed by atoms with Gasteiger partial charge in [-0.3, -0.25) is 0 Å². The van der Waals surface area contributed by atoms with Crippen molar-refractivity contribution >= 4 is 35.6 Å².